The largest absolute Gasteiger partial charge is 0.465 e. The maximum Gasteiger partial charge on any atom is 0.315 e. The van der Waals surface area contributed by atoms with E-state index < -0.39 is 5.92 Å². The second kappa shape index (κ2) is 7.75. The Bertz CT molecular complexity index is 798. The molecule has 0 spiro atoms. The van der Waals surface area contributed by atoms with Crippen LogP contribution in [0.3, 0.4) is 0 Å². The highest BCUT2D eigenvalue weighted by molar-refractivity contribution is 5.78. The first kappa shape index (κ1) is 16.2. The first-order valence-corrected chi connectivity index (χ1v) is 8.02. The third-order valence-electron chi connectivity index (χ3n) is 3.98. The third-order valence-corrected chi connectivity index (χ3v) is 3.98. The van der Waals surface area contributed by atoms with Crippen LogP contribution in [0.25, 0.3) is 11.0 Å². The quantitative estimate of drug-likeness (QED) is 0.536. The van der Waals surface area contributed by atoms with Crippen LogP contribution in [0.5, 0.6) is 0 Å². The molecule has 0 radical (unpaired) electrons. The van der Waals surface area contributed by atoms with Gasteiger partial charge in [-0.25, -0.2) is 4.98 Å². The molecule has 0 saturated heterocycles. The number of esters is 1. The van der Waals surface area contributed by atoms with Crippen LogP contribution in [0, 0.1) is 0 Å². The molecule has 0 aliphatic carbocycles. The summed E-state index contributed by atoms with van der Waals surface area (Å²) in [5, 5.41) is 9.46. The number of aliphatic hydroxyl groups excluding tert-OH is 1. The van der Waals surface area contributed by atoms with Gasteiger partial charge < -0.3 is 14.4 Å². The summed E-state index contributed by atoms with van der Waals surface area (Å²) >= 11 is 0. The summed E-state index contributed by atoms with van der Waals surface area (Å²) in [4.78, 5) is 16.5. The van der Waals surface area contributed by atoms with Gasteiger partial charge in [-0.15, -0.1) is 0 Å². The summed E-state index contributed by atoms with van der Waals surface area (Å²) in [5.74, 6) is -1.01. The summed E-state index contributed by atoms with van der Waals surface area (Å²) < 4.78 is 7.37. The van der Waals surface area contributed by atoms with Crippen molar-refractivity contribution >= 4 is 17.0 Å². The Morgan fingerprint density at radius 3 is 2.67 bits per heavy atom. The maximum absolute atomic E-state index is 12.1. The molecule has 0 amide bonds. The van der Waals surface area contributed by atoms with Crippen molar-refractivity contribution in [2.45, 2.75) is 18.9 Å². The van der Waals surface area contributed by atoms with Gasteiger partial charge in [-0.1, -0.05) is 42.5 Å². The van der Waals surface area contributed by atoms with E-state index in [2.05, 4.69) is 4.98 Å². The zero-order valence-electron chi connectivity index (χ0n) is 13.3. The lowest BCUT2D eigenvalue weighted by molar-refractivity contribution is -0.146. The van der Waals surface area contributed by atoms with E-state index in [0.717, 1.165) is 23.1 Å². The van der Waals surface area contributed by atoms with Gasteiger partial charge in [0.2, 0.25) is 0 Å². The van der Waals surface area contributed by atoms with Crippen molar-refractivity contribution in [1.82, 2.24) is 9.55 Å². The van der Waals surface area contributed by atoms with Gasteiger partial charge in [0.1, 0.15) is 5.92 Å². The number of benzene rings is 2. The molecule has 124 valence electrons. The third kappa shape index (κ3) is 3.63. The molecule has 1 N–H and O–H groups in total. The van der Waals surface area contributed by atoms with Crippen LogP contribution < -0.4 is 0 Å². The number of nitrogens with zero attached hydrogens (tertiary/aromatic N) is 2. The van der Waals surface area contributed by atoms with Gasteiger partial charge >= 0.3 is 5.97 Å². The predicted molar refractivity (Wildman–Crippen MR) is 91.6 cm³/mol. The number of rotatable bonds is 7. The number of hydrogen-bond acceptors (Lipinski definition) is 4. The van der Waals surface area contributed by atoms with Gasteiger partial charge in [-0.2, -0.15) is 0 Å². The average molecular weight is 324 g/mol. The van der Waals surface area contributed by atoms with Crippen molar-refractivity contribution in [3.63, 3.8) is 0 Å². The van der Waals surface area contributed by atoms with Gasteiger partial charge in [0.25, 0.3) is 0 Å². The highest BCUT2D eigenvalue weighted by Crippen LogP contribution is 2.17. The lowest BCUT2D eigenvalue weighted by Gasteiger charge is -2.14. The van der Waals surface area contributed by atoms with Gasteiger partial charge in [0.15, 0.2) is 0 Å². The number of para-hydroxylation sites is 2. The van der Waals surface area contributed by atoms with Crippen LogP contribution in [0.2, 0.25) is 0 Å². The average Bonchev–Trinajstić information content (AvgIpc) is 3.03. The highest BCUT2D eigenvalue weighted by Gasteiger charge is 2.20. The van der Waals surface area contributed by atoms with Crippen molar-refractivity contribution in [3.05, 3.63) is 66.5 Å². The minimum absolute atomic E-state index is 0.255. The van der Waals surface area contributed by atoms with E-state index in [1.807, 2.05) is 59.2 Å². The smallest absolute Gasteiger partial charge is 0.315 e. The molecule has 3 rings (SSSR count). The monoisotopic (exact) mass is 324 g/mol. The normalized spacial score (nSPS) is 12.2. The van der Waals surface area contributed by atoms with E-state index in [1.165, 1.54) is 0 Å². The van der Waals surface area contributed by atoms with E-state index in [4.69, 9.17) is 4.74 Å². The number of aromatic nitrogens is 2. The number of carbonyl (C=O) groups is 1. The summed E-state index contributed by atoms with van der Waals surface area (Å²) in [5.41, 5.74) is 2.80. The second-order valence-corrected chi connectivity index (χ2v) is 5.59. The van der Waals surface area contributed by atoms with Gasteiger partial charge in [0.05, 0.1) is 30.6 Å². The van der Waals surface area contributed by atoms with E-state index in [0.29, 0.717) is 13.0 Å². The van der Waals surface area contributed by atoms with Crippen LogP contribution >= 0.6 is 0 Å². The Labute approximate surface area is 140 Å². The zero-order valence-corrected chi connectivity index (χ0v) is 13.3. The lowest BCUT2D eigenvalue weighted by Crippen LogP contribution is -2.20. The first-order valence-electron chi connectivity index (χ1n) is 8.02. The predicted octanol–water partition coefficient (Wildman–Crippen LogP) is 2.75. The second-order valence-electron chi connectivity index (χ2n) is 5.59. The fraction of sp³-hybridized carbons (Fsp3) is 0.263. The maximum atomic E-state index is 12.1. The fourth-order valence-corrected chi connectivity index (χ4v) is 2.70. The van der Waals surface area contributed by atoms with E-state index in [-0.39, 0.29) is 12.6 Å². The minimum atomic E-state index is -0.625. The Balaban J connectivity index is 1.51. The van der Waals surface area contributed by atoms with Crippen LogP contribution in [0.4, 0.5) is 0 Å². The SMILES string of the molecule is O=C(OCCCn1cnc2ccccc21)C(CO)c1ccccc1. The molecule has 0 bridgehead atoms. The minimum Gasteiger partial charge on any atom is -0.465 e. The topological polar surface area (TPSA) is 64.4 Å². The molecule has 1 unspecified atom stereocenters. The van der Waals surface area contributed by atoms with Crippen molar-refractivity contribution in [3.8, 4) is 0 Å². The Kier molecular flexibility index (Phi) is 5.23. The highest BCUT2D eigenvalue weighted by atomic mass is 16.5. The van der Waals surface area contributed by atoms with Gasteiger partial charge in [0, 0.05) is 6.54 Å². The van der Waals surface area contributed by atoms with Gasteiger partial charge in [-0.3, -0.25) is 4.79 Å². The fourth-order valence-electron chi connectivity index (χ4n) is 2.70. The summed E-state index contributed by atoms with van der Waals surface area (Å²) in [7, 11) is 0. The van der Waals surface area contributed by atoms with Crippen molar-refractivity contribution in [2.75, 3.05) is 13.2 Å². The molecule has 24 heavy (non-hydrogen) atoms. The van der Waals surface area contributed by atoms with Crippen molar-refractivity contribution < 1.29 is 14.6 Å². The van der Waals surface area contributed by atoms with E-state index in [1.54, 1.807) is 6.33 Å². The molecule has 0 saturated carbocycles. The Hall–Kier alpha value is -2.66. The molecule has 3 aromatic rings. The molecule has 1 aromatic heterocycles. The van der Waals surface area contributed by atoms with E-state index in [9.17, 15) is 9.90 Å². The Morgan fingerprint density at radius 1 is 1.12 bits per heavy atom. The molecular formula is C19H20N2O3. The number of hydrogen-bond donors (Lipinski definition) is 1. The molecule has 1 heterocycles. The zero-order chi connectivity index (χ0) is 16.8. The number of imidazole rings is 1. The molecule has 0 aliphatic rings. The molecule has 0 aliphatic heterocycles. The molecule has 5 nitrogen and oxygen atoms in total. The molecule has 0 fully saturated rings. The van der Waals surface area contributed by atoms with Crippen molar-refractivity contribution in [2.24, 2.45) is 0 Å². The van der Waals surface area contributed by atoms with Crippen LogP contribution in [-0.2, 0) is 16.1 Å². The number of ether oxygens (including phenoxy) is 1. The van der Waals surface area contributed by atoms with Crippen LogP contribution in [-0.4, -0.2) is 33.8 Å². The van der Waals surface area contributed by atoms with Crippen LogP contribution in [0.1, 0.15) is 17.9 Å². The van der Waals surface area contributed by atoms with E-state index >= 15 is 0 Å². The summed E-state index contributed by atoms with van der Waals surface area (Å²) in [6, 6.07) is 17.1. The van der Waals surface area contributed by atoms with Crippen molar-refractivity contribution in [1.29, 1.82) is 0 Å². The molecule has 2 aromatic carbocycles. The molecular weight excluding hydrogens is 304 g/mol. The van der Waals surface area contributed by atoms with Gasteiger partial charge in [-0.05, 0) is 24.1 Å². The first-order chi connectivity index (χ1) is 11.8. The number of aliphatic hydroxyl groups is 1. The van der Waals surface area contributed by atoms with Crippen LogP contribution in [0.15, 0.2) is 60.9 Å². The summed E-state index contributed by atoms with van der Waals surface area (Å²) in [6.07, 6.45) is 2.49. The molecule has 5 heteroatoms. The number of aryl methyl sites for hydroxylation is 1. The number of carbonyl (C=O) groups excluding carboxylic acids is 1. The Morgan fingerprint density at radius 2 is 1.88 bits per heavy atom. The summed E-state index contributed by atoms with van der Waals surface area (Å²) in [6.45, 7) is 0.784. The number of fused-ring (bicyclic) bond motifs is 1. The lowest BCUT2D eigenvalue weighted by atomic mass is 10.0. The standard InChI is InChI=1S/C19H20N2O3/c22-13-16(15-7-2-1-3-8-15)19(23)24-12-6-11-21-14-20-17-9-4-5-10-18(17)21/h1-5,7-10,14,16,22H,6,11-13H2. The molecule has 1 atom stereocenters.